The van der Waals surface area contributed by atoms with Crippen LogP contribution in [0, 0.1) is 5.92 Å². The second kappa shape index (κ2) is 20.6. The standard InChI is InChI=1S/C22H42O6/c1-3-5-7-9-15-26-17-14-20(12-11-13-21(23)24)22(25)28-19-18-27-16-10-8-6-4-2/h20H,3-19H2,1-2H3,(H,23,24). The topological polar surface area (TPSA) is 82.1 Å². The van der Waals surface area contributed by atoms with Gasteiger partial charge >= 0.3 is 11.9 Å². The molecule has 166 valence electrons. The van der Waals surface area contributed by atoms with Crippen LogP contribution in [-0.2, 0) is 23.8 Å². The molecule has 0 heterocycles. The van der Waals surface area contributed by atoms with Gasteiger partial charge in [-0.1, -0.05) is 52.4 Å². The number of rotatable bonds is 21. The summed E-state index contributed by atoms with van der Waals surface area (Å²) in [7, 11) is 0. The summed E-state index contributed by atoms with van der Waals surface area (Å²) < 4.78 is 16.5. The van der Waals surface area contributed by atoms with Gasteiger partial charge in [0.2, 0.25) is 0 Å². The summed E-state index contributed by atoms with van der Waals surface area (Å²) in [4.78, 5) is 23.0. The number of carboxylic acids is 1. The van der Waals surface area contributed by atoms with E-state index in [9.17, 15) is 9.59 Å². The van der Waals surface area contributed by atoms with Crippen molar-refractivity contribution in [3.63, 3.8) is 0 Å². The molecule has 6 heteroatoms. The van der Waals surface area contributed by atoms with E-state index < -0.39 is 5.97 Å². The van der Waals surface area contributed by atoms with E-state index in [4.69, 9.17) is 19.3 Å². The number of hydrogen-bond donors (Lipinski definition) is 1. The SMILES string of the molecule is CCCCCCOCCOC(=O)C(CCCC(=O)O)CCOCCCCCC. The number of carboxylic acid groups (broad SMARTS) is 1. The second-order valence-corrected chi connectivity index (χ2v) is 7.29. The van der Waals surface area contributed by atoms with Crippen molar-refractivity contribution in [2.75, 3.05) is 33.0 Å². The molecule has 28 heavy (non-hydrogen) atoms. The van der Waals surface area contributed by atoms with Crippen molar-refractivity contribution < 1.29 is 28.9 Å². The van der Waals surface area contributed by atoms with Crippen LogP contribution in [0.4, 0.5) is 0 Å². The Hall–Kier alpha value is -1.14. The quantitative estimate of drug-likeness (QED) is 0.215. The van der Waals surface area contributed by atoms with Gasteiger partial charge in [0, 0.05) is 26.2 Å². The van der Waals surface area contributed by atoms with Crippen LogP contribution in [0.15, 0.2) is 0 Å². The van der Waals surface area contributed by atoms with Crippen molar-refractivity contribution >= 4 is 11.9 Å². The highest BCUT2D eigenvalue weighted by Crippen LogP contribution is 2.16. The Morgan fingerprint density at radius 2 is 1.32 bits per heavy atom. The van der Waals surface area contributed by atoms with Gasteiger partial charge in [0.15, 0.2) is 0 Å². The first-order chi connectivity index (χ1) is 13.6. The third kappa shape index (κ3) is 18.2. The fourth-order valence-corrected chi connectivity index (χ4v) is 2.89. The molecule has 6 nitrogen and oxygen atoms in total. The lowest BCUT2D eigenvalue weighted by atomic mass is 9.99. The fraction of sp³-hybridized carbons (Fsp3) is 0.909. The van der Waals surface area contributed by atoms with E-state index >= 15 is 0 Å². The summed E-state index contributed by atoms with van der Waals surface area (Å²) in [6, 6.07) is 0. The summed E-state index contributed by atoms with van der Waals surface area (Å²) in [5.41, 5.74) is 0. The molecule has 0 aliphatic carbocycles. The molecule has 0 aromatic rings. The summed E-state index contributed by atoms with van der Waals surface area (Å²) >= 11 is 0. The van der Waals surface area contributed by atoms with Crippen molar-refractivity contribution in [2.45, 2.75) is 90.9 Å². The van der Waals surface area contributed by atoms with Gasteiger partial charge in [-0.15, -0.1) is 0 Å². The van der Waals surface area contributed by atoms with Gasteiger partial charge in [-0.25, -0.2) is 0 Å². The Labute approximate surface area is 171 Å². The first-order valence-corrected chi connectivity index (χ1v) is 11.2. The smallest absolute Gasteiger partial charge is 0.309 e. The highest BCUT2D eigenvalue weighted by molar-refractivity contribution is 5.72. The molecule has 1 unspecified atom stereocenters. The molecule has 0 spiro atoms. The summed E-state index contributed by atoms with van der Waals surface area (Å²) in [6.45, 7) is 6.92. The molecule has 0 rings (SSSR count). The predicted molar refractivity (Wildman–Crippen MR) is 110 cm³/mol. The molecular weight excluding hydrogens is 360 g/mol. The molecular formula is C22H42O6. The number of hydrogen-bond acceptors (Lipinski definition) is 5. The van der Waals surface area contributed by atoms with E-state index in [0.29, 0.717) is 45.7 Å². The number of unbranched alkanes of at least 4 members (excludes halogenated alkanes) is 6. The minimum absolute atomic E-state index is 0.0720. The Bertz CT molecular complexity index is 372. The van der Waals surface area contributed by atoms with Crippen LogP contribution in [0.3, 0.4) is 0 Å². The van der Waals surface area contributed by atoms with Crippen molar-refractivity contribution in [1.29, 1.82) is 0 Å². The third-order valence-electron chi connectivity index (χ3n) is 4.64. The molecule has 0 amide bonds. The predicted octanol–water partition coefficient (Wildman–Crippen LogP) is 4.98. The van der Waals surface area contributed by atoms with Crippen LogP contribution in [-0.4, -0.2) is 50.1 Å². The van der Waals surface area contributed by atoms with Crippen LogP contribution in [0.5, 0.6) is 0 Å². The molecule has 0 aliphatic rings. The minimum Gasteiger partial charge on any atom is -0.481 e. The lowest BCUT2D eigenvalue weighted by Gasteiger charge is -2.16. The molecule has 0 bridgehead atoms. The lowest BCUT2D eigenvalue weighted by Crippen LogP contribution is -2.22. The number of aliphatic carboxylic acids is 1. The number of ether oxygens (including phenoxy) is 3. The number of carbonyl (C=O) groups excluding carboxylic acids is 1. The Kier molecular flexibility index (Phi) is 19.8. The molecule has 0 saturated carbocycles. The van der Waals surface area contributed by atoms with Gasteiger partial charge in [-0.3, -0.25) is 9.59 Å². The third-order valence-corrected chi connectivity index (χ3v) is 4.64. The minimum atomic E-state index is -0.837. The summed E-state index contributed by atoms with van der Waals surface area (Å²) in [5.74, 6) is -1.41. The van der Waals surface area contributed by atoms with Crippen LogP contribution in [0.2, 0.25) is 0 Å². The van der Waals surface area contributed by atoms with Gasteiger partial charge in [-0.05, 0) is 32.1 Å². The molecule has 0 aliphatic heterocycles. The van der Waals surface area contributed by atoms with Crippen LogP contribution >= 0.6 is 0 Å². The van der Waals surface area contributed by atoms with E-state index in [1.54, 1.807) is 0 Å². The van der Waals surface area contributed by atoms with Crippen molar-refractivity contribution in [3.05, 3.63) is 0 Å². The maximum Gasteiger partial charge on any atom is 0.309 e. The highest BCUT2D eigenvalue weighted by atomic mass is 16.6. The largest absolute Gasteiger partial charge is 0.481 e. The van der Waals surface area contributed by atoms with Gasteiger partial charge in [-0.2, -0.15) is 0 Å². The van der Waals surface area contributed by atoms with E-state index in [2.05, 4.69) is 13.8 Å². The average molecular weight is 403 g/mol. The molecule has 0 aromatic heterocycles. The van der Waals surface area contributed by atoms with Gasteiger partial charge in [0.25, 0.3) is 0 Å². The van der Waals surface area contributed by atoms with Crippen molar-refractivity contribution in [2.24, 2.45) is 5.92 Å². The zero-order chi connectivity index (χ0) is 20.9. The summed E-state index contributed by atoms with van der Waals surface area (Å²) in [5, 5.41) is 8.80. The van der Waals surface area contributed by atoms with Gasteiger partial charge in [0.05, 0.1) is 12.5 Å². The zero-order valence-electron chi connectivity index (χ0n) is 18.1. The van der Waals surface area contributed by atoms with Crippen molar-refractivity contribution in [3.8, 4) is 0 Å². The van der Waals surface area contributed by atoms with E-state index in [1.807, 2.05) is 0 Å². The molecule has 0 fully saturated rings. The lowest BCUT2D eigenvalue weighted by molar-refractivity contribution is -0.151. The summed E-state index contributed by atoms with van der Waals surface area (Å²) in [6.07, 6.45) is 10.9. The number of esters is 1. The maximum atomic E-state index is 12.3. The maximum absolute atomic E-state index is 12.3. The molecule has 1 atom stereocenters. The fourth-order valence-electron chi connectivity index (χ4n) is 2.89. The van der Waals surface area contributed by atoms with Gasteiger partial charge < -0.3 is 19.3 Å². The van der Waals surface area contributed by atoms with Gasteiger partial charge in [0.1, 0.15) is 6.61 Å². The monoisotopic (exact) mass is 402 g/mol. The first kappa shape index (κ1) is 26.9. The number of carbonyl (C=O) groups is 2. The molecule has 0 radical (unpaired) electrons. The van der Waals surface area contributed by atoms with E-state index in [-0.39, 0.29) is 24.9 Å². The Morgan fingerprint density at radius 1 is 0.714 bits per heavy atom. The average Bonchev–Trinajstić information content (AvgIpc) is 2.67. The zero-order valence-corrected chi connectivity index (χ0v) is 18.1. The normalized spacial score (nSPS) is 12.1. The highest BCUT2D eigenvalue weighted by Gasteiger charge is 2.20. The second-order valence-electron chi connectivity index (χ2n) is 7.29. The van der Waals surface area contributed by atoms with E-state index in [0.717, 1.165) is 12.8 Å². The first-order valence-electron chi connectivity index (χ1n) is 11.2. The van der Waals surface area contributed by atoms with Crippen molar-refractivity contribution in [1.82, 2.24) is 0 Å². The Balaban J connectivity index is 3.98. The van der Waals surface area contributed by atoms with Crippen LogP contribution < -0.4 is 0 Å². The molecule has 0 saturated heterocycles. The molecule has 1 N–H and O–H groups in total. The Morgan fingerprint density at radius 3 is 1.89 bits per heavy atom. The van der Waals surface area contributed by atoms with E-state index in [1.165, 1.54) is 38.5 Å². The van der Waals surface area contributed by atoms with Crippen LogP contribution in [0.1, 0.15) is 90.9 Å². The molecule has 0 aromatic carbocycles. The van der Waals surface area contributed by atoms with Crippen LogP contribution in [0.25, 0.3) is 0 Å².